The Hall–Kier alpha value is -2.12. The molecule has 0 bridgehead atoms. The predicted molar refractivity (Wildman–Crippen MR) is 126 cm³/mol. The van der Waals surface area contributed by atoms with E-state index in [0.29, 0.717) is 25.7 Å². The van der Waals surface area contributed by atoms with Crippen molar-refractivity contribution in [3.05, 3.63) is 0 Å². The fraction of sp³-hybridized carbons (Fsp3) is 0.833. The molecule has 4 amide bonds. The number of nitrogens with one attached hydrogen (secondary N) is 4. The van der Waals surface area contributed by atoms with Gasteiger partial charge >= 0.3 is 0 Å². The van der Waals surface area contributed by atoms with E-state index in [0.717, 1.165) is 0 Å². The van der Waals surface area contributed by atoms with Crippen LogP contribution in [0.5, 0.6) is 0 Å². The third kappa shape index (κ3) is 9.57. The molecule has 1 aliphatic heterocycles. The standard InChI is InChI=1S/C24H44N4O4/c1-13(2)9-17-21(29)26-19(11-15(5)6)23(31)28-20(12-16(7)8)24(32)27-18(10-14(3)4)22(30)25-17/h13-20H,9-12H2,1-8H3,(H,25,30)(H,26,29)(H,27,32)(H,28,31)/t17-,18?,19?,20?/m0/s1. The van der Waals surface area contributed by atoms with E-state index in [1.807, 2.05) is 55.4 Å². The molecule has 1 fully saturated rings. The summed E-state index contributed by atoms with van der Waals surface area (Å²) in [5, 5.41) is 11.4. The summed E-state index contributed by atoms with van der Waals surface area (Å²) < 4.78 is 0. The monoisotopic (exact) mass is 452 g/mol. The van der Waals surface area contributed by atoms with E-state index < -0.39 is 24.2 Å². The van der Waals surface area contributed by atoms with Gasteiger partial charge in [-0.3, -0.25) is 19.2 Å². The van der Waals surface area contributed by atoms with Gasteiger partial charge in [-0.15, -0.1) is 0 Å². The van der Waals surface area contributed by atoms with Crippen LogP contribution in [0.3, 0.4) is 0 Å². The van der Waals surface area contributed by atoms with Crippen LogP contribution in [0.25, 0.3) is 0 Å². The second kappa shape index (κ2) is 12.8. The largest absolute Gasteiger partial charge is 0.343 e. The summed E-state index contributed by atoms with van der Waals surface area (Å²) in [4.78, 5) is 52.4. The molecule has 4 atom stereocenters. The Morgan fingerprint density at radius 1 is 0.438 bits per heavy atom. The Labute approximate surface area is 193 Å². The van der Waals surface area contributed by atoms with Crippen molar-refractivity contribution in [1.29, 1.82) is 0 Å². The molecular formula is C24H44N4O4. The first-order valence-electron chi connectivity index (χ1n) is 12.0. The Morgan fingerprint density at radius 2 is 0.594 bits per heavy atom. The maximum Gasteiger partial charge on any atom is 0.243 e. The molecule has 3 unspecified atom stereocenters. The van der Waals surface area contributed by atoms with E-state index in [-0.39, 0.29) is 47.3 Å². The third-order valence-electron chi connectivity index (χ3n) is 5.36. The second-order valence-electron chi connectivity index (χ2n) is 10.8. The number of amides is 4. The molecule has 0 aromatic rings. The van der Waals surface area contributed by atoms with E-state index in [9.17, 15) is 19.2 Å². The maximum absolute atomic E-state index is 13.1. The summed E-state index contributed by atoms with van der Waals surface area (Å²) >= 11 is 0. The quantitative estimate of drug-likeness (QED) is 0.451. The highest BCUT2D eigenvalue weighted by Gasteiger charge is 2.34. The first-order chi connectivity index (χ1) is 14.8. The van der Waals surface area contributed by atoms with Gasteiger partial charge in [-0.1, -0.05) is 55.4 Å². The van der Waals surface area contributed by atoms with E-state index in [1.54, 1.807) is 0 Å². The van der Waals surface area contributed by atoms with Gasteiger partial charge in [-0.2, -0.15) is 0 Å². The molecule has 0 radical (unpaired) electrons. The van der Waals surface area contributed by atoms with Crippen LogP contribution in [0, 0.1) is 23.7 Å². The van der Waals surface area contributed by atoms with Crippen molar-refractivity contribution in [3.8, 4) is 0 Å². The van der Waals surface area contributed by atoms with Crippen molar-refractivity contribution in [3.63, 3.8) is 0 Å². The van der Waals surface area contributed by atoms with Gasteiger partial charge in [0.15, 0.2) is 0 Å². The summed E-state index contributed by atoms with van der Waals surface area (Å²) in [6.07, 6.45) is 1.75. The van der Waals surface area contributed by atoms with Gasteiger partial charge in [0, 0.05) is 0 Å². The average Bonchev–Trinajstić information content (AvgIpc) is 2.63. The highest BCUT2D eigenvalue weighted by Crippen LogP contribution is 2.14. The van der Waals surface area contributed by atoms with E-state index in [2.05, 4.69) is 21.3 Å². The van der Waals surface area contributed by atoms with Crippen molar-refractivity contribution in [2.24, 2.45) is 23.7 Å². The summed E-state index contributed by atoms with van der Waals surface area (Å²) in [6.45, 7) is 15.8. The molecule has 4 N–H and O–H groups in total. The fourth-order valence-electron chi connectivity index (χ4n) is 3.90. The number of carbonyl (C=O) groups excluding carboxylic acids is 4. The van der Waals surface area contributed by atoms with E-state index in [4.69, 9.17) is 0 Å². The van der Waals surface area contributed by atoms with Crippen LogP contribution in [0.4, 0.5) is 0 Å². The Bertz CT molecular complexity index is 548. The lowest BCUT2D eigenvalue weighted by Crippen LogP contribution is -2.62. The molecule has 0 aromatic heterocycles. The number of hydrogen-bond acceptors (Lipinski definition) is 4. The molecule has 184 valence electrons. The molecule has 0 saturated carbocycles. The SMILES string of the molecule is CC(C)CC1NC(=O)C(CC(C)C)NC(=O)[C@H](CC(C)C)NC(=O)C(CC(C)C)NC1=O. The summed E-state index contributed by atoms with van der Waals surface area (Å²) in [5.41, 5.74) is 0. The molecule has 0 aromatic carbocycles. The van der Waals surface area contributed by atoms with Crippen LogP contribution in [0.2, 0.25) is 0 Å². The second-order valence-corrected chi connectivity index (χ2v) is 10.8. The average molecular weight is 453 g/mol. The van der Waals surface area contributed by atoms with Crippen molar-refractivity contribution in [1.82, 2.24) is 21.3 Å². The molecule has 0 spiro atoms. The van der Waals surface area contributed by atoms with Crippen LogP contribution in [-0.4, -0.2) is 47.8 Å². The van der Waals surface area contributed by atoms with Crippen LogP contribution in [-0.2, 0) is 19.2 Å². The van der Waals surface area contributed by atoms with Crippen molar-refractivity contribution >= 4 is 23.6 Å². The van der Waals surface area contributed by atoms with Crippen LogP contribution >= 0.6 is 0 Å². The van der Waals surface area contributed by atoms with Crippen molar-refractivity contribution in [2.75, 3.05) is 0 Å². The van der Waals surface area contributed by atoms with Crippen LogP contribution in [0.15, 0.2) is 0 Å². The van der Waals surface area contributed by atoms with Crippen LogP contribution < -0.4 is 21.3 Å². The highest BCUT2D eigenvalue weighted by molar-refractivity contribution is 5.97. The number of rotatable bonds is 8. The molecule has 1 rings (SSSR count). The first-order valence-corrected chi connectivity index (χ1v) is 12.0. The molecule has 1 saturated heterocycles. The Morgan fingerprint density at radius 3 is 0.719 bits per heavy atom. The molecule has 1 heterocycles. The Balaban J connectivity index is 3.35. The van der Waals surface area contributed by atoms with Crippen molar-refractivity contribution < 1.29 is 19.2 Å². The number of carbonyl (C=O) groups is 4. The van der Waals surface area contributed by atoms with Gasteiger partial charge < -0.3 is 21.3 Å². The minimum absolute atomic E-state index is 0.157. The zero-order valence-electron chi connectivity index (χ0n) is 21.1. The molecular weight excluding hydrogens is 408 g/mol. The maximum atomic E-state index is 13.1. The first kappa shape index (κ1) is 27.9. The van der Waals surface area contributed by atoms with Crippen LogP contribution in [0.1, 0.15) is 81.1 Å². The molecule has 8 nitrogen and oxygen atoms in total. The van der Waals surface area contributed by atoms with E-state index >= 15 is 0 Å². The minimum Gasteiger partial charge on any atom is -0.343 e. The minimum atomic E-state index is -0.776. The third-order valence-corrected chi connectivity index (χ3v) is 5.36. The highest BCUT2D eigenvalue weighted by atomic mass is 16.2. The van der Waals surface area contributed by atoms with Gasteiger partial charge in [-0.25, -0.2) is 0 Å². The fourth-order valence-corrected chi connectivity index (χ4v) is 3.90. The number of hydrogen-bond donors (Lipinski definition) is 4. The van der Waals surface area contributed by atoms with Gasteiger partial charge in [0.1, 0.15) is 24.2 Å². The summed E-state index contributed by atoms with van der Waals surface area (Å²) in [6, 6.07) is -3.10. The van der Waals surface area contributed by atoms with Crippen molar-refractivity contribution in [2.45, 2.75) is 105 Å². The topological polar surface area (TPSA) is 116 Å². The van der Waals surface area contributed by atoms with Gasteiger partial charge in [0.05, 0.1) is 0 Å². The summed E-state index contributed by atoms with van der Waals surface area (Å²) in [5.74, 6) is -0.858. The summed E-state index contributed by atoms with van der Waals surface area (Å²) in [7, 11) is 0. The zero-order valence-corrected chi connectivity index (χ0v) is 21.1. The van der Waals surface area contributed by atoms with Gasteiger partial charge in [0.2, 0.25) is 23.6 Å². The zero-order chi connectivity index (χ0) is 24.6. The van der Waals surface area contributed by atoms with Gasteiger partial charge in [0.25, 0.3) is 0 Å². The Kier molecular flexibility index (Phi) is 11.2. The van der Waals surface area contributed by atoms with E-state index in [1.165, 1.54) is 0 Å². The molecule has 32 heavy (non-hydrogen) atoms. The predicted octanol–water partition coefficient (Wildman–Crippen LogP) is 2.12. The molecule has 0 aliphatic carbocycles. The molecule has 8 heteroatoms. The lowest BCUT2D eigenvalue weighted by atomic mass is 9.96. The lowest BCUT2D eigenvalue weighted by molar-refractivity contribution is -0.137. The molecule has 1 aliphatic rings. The normalized spacial score (nSPS) is 25.9. The smallest absolute Gasteiger partial charge is 0.243 e. The lowest BCUT2D eigenvalue weighted by Gasteiger charge is -2.31. The van der Waals surface area contributed by atoms with Gasteiger partial charge in [-0.05, 0) is 49.4 Å².